The zero-order valence-electron chi connectivity index (χ0n) is 13.2. The molecule has 20 heavy (non-hydrogen) atoms. The summed E-state index contributed by atoms with van der Waals surface area (Å²) >= 11 is 3.50. The molecule has 0 N–H and O–H groups in total. The molecule has 1 rings (SSSR count). The second-order valence-corrected chi connectivity index (χ2v) is 7.37. The Hall–Kier alpha value is -0.830. The van der Waals surface area contributed by atoms with E-state index in [1.165, 1.54) is 0 Å². The van der Waals surface area contributed by atoms with E-state index in [0.29, 0.717) is 6.42 Å². The maximum atomic E-state index is 12.7. The summed E-state index contributed by atoms with van der Waals surface area (Å²) in [5.74, 6) is 0.212. The first kappa shape index (κ1) is 17.2. The van der Waals surface area contributed by atoms with E-state index in [-0.39, 0.29) is 17.4 Å². The number of rotatable bonds is 5. The van der Waals surface area contributed by atoms with Crippen molar-refractivity contribution >= 4 is 27.5 Å². The van der Waals surface area contributed by atoms with Gasteiger partial charge in [0, 0.05) is 22.6 Å². The lowest BCUT2D eigenvalue weighted by atomic mass is 9.91. The maximum absolute atomic E-state index is 12.7. The van der Waals surface area contributed by atoms with Gasteiger partial charge in [0.05, 0.1) is 0 Å². The molecule has 0 aliphatic heterocycles. The normalized spacial score (nSPS) is 11.8. The number of nitrogens with zero attached hydrogens (tertiary/aromatic N) is 1. The average Bonchev–Trinajstić information content (AvgIpc) is 2.33. The van der Waals surface area contributed by atoms with E-state index in [1.807, 2.05) is 29.2 Å². The zero-order valence-corrected chi connectivity index (χ0v) is 14.8. The van der Waals surface area contributed by atoms with Crippen LogP contribution in [0.25, 0.3) is 0 Å². The van der Waals surface area contributed by atoms with E-state index in [9.17, 15) is 4.79 Å². The highest BCUT2D eigenvalue weighted by molar-refractivity contribution is 9.10. The van der Waals surface area contributed by atoms with Crippen LogP contribution in [0.15, 0.2) is 28.7 Å². The number of amides is 1. The molecular formula is C17H26BrNO. The highest BCUT2D eigenvalue weighted by atomic mass is 79.9. The van der Waals surface area contributed by atoms with Crippen molar-refractivity contribution in [3.63, 3.8) is 0 Å². The summed E-state index contributed by atoms with van der Waals surface area (Å²) in [7, 11) is 0. The quantitative estimate of drug-likeness (QED) is 0.702. The minimum Gasteiger partial charge on any atom is -0.309 e. The summed E-state index contributed by atoms with van der Waals surface area (Å²) in [6.45, 7) is 10.6. The fourth-order valence-corrected chi connectivity index (χ4v) is 2.76. The Labute approximate surface area is 131 Å². The highest BCUT2D eigenvalue weighted by Gasteiger charge is 2.26. The monoisotopic (exact) mass is 339 g/mol. The number of anilines is 1. The van der Waals surface area contributed by atoms with Crippen molar-refractivity contribution in [2.24, 2.45) is 5.41 Å². The van der Waals surface area contributed by atoms with Gasteiger partial charge in [-0.3, -0.25) is 4.79 Å². The Morgan fingerprint density at radius 1 is 1.25 bits per heavy atom. The molecule has 0 bridgehead atoms. The molecule has 112 valence electrons. The van der Waals surface area contributed by atoms with Crippen molar-refractivity contribution in [2.45, 2.75) is 59.9 Å². The second kappa shape index (κ2) is 7.26. The zero-order chi connectivity index (χ0) is 15.3. The lowest BCUT2D eigenvalue weighted by molar-refractivity contribution is -0.120. The third kappa shape index (κ3) is 4.93. The predicted molar refractivity (Wildman–Crippen MR) is 90.1 cm³/mol. The predicted octanol–water partition coefficient (Wildman–Crippen LogP) is 5.41. The Bertz CT molecular complexity index is 447. The number of halogens is 1. The summed E-state index contributed by atoms with van der Waals surface area (Å²) in [6.07, 6.45) is 2.51. The summed E-state index contributed by atoms with van der Waals surface area (Å²) < 4.78 is 1.01. The molecule has 1 amide bonds. The number of carbonyl (C=O) groups excluding carboxylic acids is 1. The molecule has 0 fully saturated rings. The molecule has 0 saturated heterocycles. The largest absolute Gasteiger partial charge is 0.309 e. The van der Waals surface area contributed by atoms with Crippen molar-refractivity contribution in [1.82, 2.24) is 0 Å². The SMILES string of the molecule is CCC(CC)N(C(=O)CC(C)(C)C)c1cccc(Br)c1. The first-order valence-corrected chi connectivity index (χ1v) is 8.15. The highest BCUT2D eigenvalue weighted by Crippen LogP contribution is 2.28. The molecule has 0 unspecified atom stereocenters. The van der Waals surface area contributed by atoms with Crippen LogP contribution in [0.1, 0.15) is 53.9 Å². The van der Waals surface area contributed by atoms with Gasteiger partial charge in [-0.2, -0.15) is 0 Å². The van der Waals surface area contributed by atoms with Crippen molar-refractivity contribution in [3.05, 3.63) is 28.7 Å². The van der Waals surface area contributed by atoms with Crippen molar-refractivity contribution in [3.8, 4) is 0 Å². The van der Waals surface area contributed by atoms with Gasteiger partial charge in [-0.05, 0) is 36.5 Å². The Morgan fingerprint density at radius 3 is 2.30 bits per heavy atom. The minimum atomic E-state index is 0.00732. The molecule has 0 spiro atoms. The first-order valence-electron chi connectivity index (χ1n) is 7.36. The van der Waals surface area contributed by atoms with Crippen LogP contribution in [0.4, 0.5) is 5.69 Å². The van der Waals surface area contributed by atoms with Crippen molar-refractivity contribution < 1.29 is 4.79 Å². The Kier molecular flexibility index (Phi) is 6.25. The fraction of sp³-hybridized carbons (Fsp3) is 0.588. The summed E-state index contributed by atoms with van der Waals surface area (Å²) in [5, 5.41) is 0. The molecule has 0 aromatic heterocycles. The standard InChI is InChI=1S/C17H26BrNO/c1-6-14(7-2)19(16(20)12-17(3,4)5)15-10-8-9-13(18)11-15/h8-11,14H,6-7,12H2,1-5H3. The molecule has 2 nitrogen and oxygen atoms in total. The maximum Gasteiger partial charge on any atom is 0.227 e. The van der Waals surface area contributed by atoms with Gasteiger partial charge in [-0.15, -0.1) is 0 Å². The van der Waals surface area contributed by atoms with Crippen molar-refractivity contribution in [2.75, 3.05) is 4.90 Å². The van der Waals surface area contributed by atoms with Crippen LogP contribution in [0, 0.1) is 5.41 Å². The fourth-order valence-electron chi connectivity index (χ4n) is 2.38. The summed E-state index contributed by atoms with van der Waals surface area (Å²) in [5.41, 5.74) is 0.996. The molecule has 0 radical (unpaired) electrons. The minimum absolute atomic E-state index is 0.00732. The smallest absolute Gasteiger partial charge is 0.227 e. The first-order chi connectivity index (χ1) is 9.28. The molecule has 0 saturated carbocycles. The van der Waals surface area contributed by atoms with Gasteiger partial charge < -0.3 is 4.90 Å². The van der Waals surface area contributed by atoms with Crippen LogP contribution in [0.2, 0.25) is 0 Å². The topological polar surface area (TPSA) is 20.3 Å². The van der Waals surface area contributed by atoms with E-state index in [1.54, 1.807) is 0 Å². The summed E-state index contributed by atoms with van der Waals surface area (Å²) in [6, 6.07) is 8.28. The van der Waals surface area contributed by atoms with Crippen LogP contribution in [0.3, 0.4) is 0 Å². The van der Waals surface area contributed by atoms with Gasteiger partial charge in [-0.1, -0.05) is 56.6 Å². The summed E-state index contributed by atoms with van der Waals surface area (Å²) in [4.78, 5) is 14.7. The third-order valence-corrected chi connectivity index (χ3v) is 3.84. The Morgan fingerprint density at radius 2 is 1.85 bits per heavy atom. The van der Waals surface area contributed by atoms with E-state index in [2.05, 4.69) is 50.5 Å². The van der Waals surface area contributed by atoms with E-state index >= 15 is 0 Å². The molecule has 1 aromatic rings. The number of carbonyl (C=O) groups is 1. The van der Waals surface area contributed by atoms with Gasteiger partial charge in [-0.25, -0.2) is 0 Å². The molecular weight excluding hydrogens is 314 g/mol. The lowest BCUT2D eigenvalue weighted by Crippen LogP contribution is -2.41. The molecule has 3 heteroatoms. The van der Waals surface area contributed by atoms with Crippen LogP contribution in [-0.4, -0.2) is 11.9 Å². The van der Waals surface area contributed by atoms with Crippen LogP contribution in [-0.2, 0) is 4.79 Å². The van der Waals surface area contributed by atoms with Gasteiger partial charge in [0.25, 0.3) is 0 Å². The number of hydrogen-bond donors (Lipinski definition) is 0. The van der Waals surface area contributed by atoms with Gasteiger partial charge >= 0.3 is 0 Å². The van der Waals surface area contributed by atoms with E-state index in [0.717, 1.165) is 23.0 Å². The van der Waals surface area contributed by atoms with E-state index < -0.39 is 0 Å². The molecule has 0 aliphatic carbocycles. The van der Waals surface area contributed by atoms with Crippen LogP contribution >= 0.6 is 15.9 Å². The van der Waals surface area contributed by atoms with E-state index in [4.69, 9.17) is 0 Å². The molecule has 1 aromatic carbocycles. The number of benzene rings is 1. The second-order valence-electron chi connectivity index (χ2n) is 6.45. The van der Waals surface area contributed by atoms with Crippen molar-refractivity contribution in [1.29, 1.82) is 0 Å². The molecule has 0 aliphatic rings. The third-order valence-electron chi connectivity index (χ3n) is 3.34. The molecule has 0 heterocycles. The molecule has 0 atom stereocenters. The average molecular weight is 340 g/mol. The van der Waals surface area contributed by atoms with Crippen LogP contribution < -0.4 is 4.90 Å². The van der Waals surface area contributed by atoms with Gasteiger partial charge in [0.2, 0.25) is 5.91 Å². The van der Waals surface area contributed by atoms with Crippen LogP contribution in [0.5, 0.6) is 0 Å². The van der Waals surface area contributed by atoms with Gasteiger partial charge in [0.15, 0.2) is 0 Å². The lowest BCUT2D eigenvalue weighted by Gasteiger charge is -2.33. The number of hydrogen-bond acceptors (Lipinski definition) is 1. The Balaban J connectivity index is 3.11. The van der Waals surface area contributed by atoms with Gasteiger partial charge in [0.1, 0.15) is 0 Å².